The van der Waals surface area contributed by atoms with Crippen molar-refractivity contribution in [1.29, 1.82) is 0 Å². The SMILES string of the molecule is CCC(C)Nc1ccc2occc2c1. The van der Waals surface area contributed by atoms with Crippen LogP contribution in [0.2, 0.25) is 0 Å². The molecule has 1 aromatic carbocycles. The first-order valence-electron chi connectivity index (χ1n) is 5.03. The Morgan fingerprint density at radius 3 is 3.00 bits per heavy atom. The number of fused-ring (bicyclic) bond motifs is 1. The van der Waals surface area contributed by atoms with E-state index >= 15 is 0 Å². The van der Waals surface area contributed by atoms with Crippen LogP contribution in [0.25, 0.3) is 11.0 Å². The van der Waals surface area contributed by atoms with Crippen LogP contribution in [0.1, 0.15) is 20.3 Å². The third kappa shape index (κ3) is 1.74. The topological polar surface area (TPSA) is 25.2 Å². The maximum absolute atomic E-state index is 5.28. The van der Waals surface area contributed by atoms with E-state index in [-0.39, 0.29) is 0 Å². The predicted octanol–water partition coefficient (Wildman–Crippen LogP) is 3.64. The summed E-state index contributed by atoms with van der Waals surface area (Å²) in [6.45, 7) is 4.35. The third-order valence-corrected chi connectivity index (χ3v) is 2.48. The van der Waals surface area contributed by atoms with E-state index in [2.05, 4.69) is 31.3 Å². The number of hydrogen-bond donors (Lipinski definition) is 1. The summed E-state index contributed by atoms with van der Waals surface area (Å²) in [7, 11) is 0. The van der Waals surface area contributed by atoms with Gasteiger partial charge in [0.1, 0.15) is 5.58 Å². The maximum Gasteiger partial charge on any atom is 0.133 e. The number of furan rings is 1. The van der Waals surface area contributed by atoms with Gasteiger partial charge in [-0.2, -0.15) is 0 Å². The monoisotopic (exact) mass is 189 g/mol. The minimum Gasteiger partial charge on any atom is -0.464 e. The van der Waals surface area contributed by atoms with Crippen LogP contribution in [-0.2, 0) is 0 Å². The summed E-state index contributed by atoms with van der Waals surface area (Å²) >= 11 is 0. The van der Waals surface area contributed by atoms with E-state index in [1.165, 1.54) is 0 Å². The van der Waals surface area contributed by atoms with Gasteiger partial charge in [-0.25, -0.2) is 0 Å². The summed E-state index contributed by atoms with van der Waals surface area (Å²) in [4.78, 5) is 0. The normalized spacial score (nSPS) is 13.0. The van der Waals surface area contributed by atoms with E-state index in [0.717, 1.165) is 23.1 Å². The molecule has 0 spiro atoms. The van der Waals surface area contributed by atoms with Gasteiger partial charge in [0.15, 0.2) is 0 Å². The lowest BCUT2D eigenvalue weighted by molar-refractivity contribution is 0.616. The quantitative estimate of drug-likeness (QED) is 0.797. The van der Waals surface area contributed by atoms with Gasteiger partial charge in [-0.1, -0.05) is 6.92 Å². The molecule has 1 unspecified atom stereocenters. The molecule has 14 heavy (non-hydrogen) atoms. The fourth-order valence-electron chi connectivity index (χ4n) is 1.44. The highest BCUT2D eigenvalue weighted by Crippen LogP contribution is 2.20. The van der Waals surface area contributed by atoms with Crippen LogP contribution in [-0.4, -0.2) is 6.04 Å². The highest BCUT2D eigenvalue weighted by Gasteiger charge is 2.01. The molecule has 2 heteroatoms. The van der Waals surface area contributed by atoms with E-state index in [1.807, 2.05) is 12.1 Å². The largest absolute Gasteiger partial charge is 0.464 e. The van der Waals surface area contributed by atoms with Crippen molar-refractivity contribution in [3.63, 3.8) is 0 Å². The lowest BCUT2D eigenvalue weighted by Crippen LogP contribution is -2.12. The molecule has 0 aliphatic rings. The van der Waals surface area contributed by atoms with Crippen LogP contribution >= 0.6 is 0 Å². The molecule has 0 bridgehead atoms. The molecular weight excluding hydrogens is 174 g/mol. The maximum atomic E-state index is 5.28. The summed E-state index contributed by atoms with van der Waals surface area (Å²) in [5.74, 6) is 0. The van der Waals surface area contributed by atoms with E-state index < -0.39 is 0 Å². The molecule has 1 N–H and O–H groups in total. The first kappa shape index (κ1) is 9.13. The predicted molar refractivity (Wildman–Crippen MR) is 59.6 cm³/mol. The number of nitrogens with one attached hydrogen (secondary N) is 1. The van der Waals surface area contributed by atoms with Gasteiger partial charge in [0.2, 0.25) is 0 Å². The highest BCUT2D eigenvalue weighted by atomic mass is 16.3. The van der Waals surface area contributed by atoms with Gasteiger partial charge in [0.05, 0.1) is 6.26 Å². The summed E-state index contributed by atoms with van der Waals surface area (Å²) in [5, 5.41) is 4.58. The van der Waals surface area contributed by atoms with Crippen LogP contribution in [0, 0.1) is 0 Å². The van der Waals surface area contributed by atoms with Gasteiger partial charge in [-0.3, -0.25) is 0 Å². The van der Waals surface area contributed by atoms with Gasteiger partial charge in [-0.05, 0) is 37.6 Å². The summed E-state index contributed by atoms with van der Waals surface area (Å²) in [5.41, 5.74) is 2.10. The zero-order valence-corrected chi connectivity index (χ0v) is 8.58. The van der Waals surface area contributed by atoms with Gasteiger partial charge in [-0.15, -0.1) is 0 Å². The smallest absolute Gasteiger partial charge is 0.133 e. The summed E-state index contributed by atoms with van der Waals surface area (Å²) < 4.78 is 5.28. The Kier molecular flexibility index (Phi) is 2.44. The Balaban J connectivity index is 2.25. The molecule has 1 heterocycles. The zero-order chi connectivity index (χ0) is 9.97. The molecule has 74 valence electrons. The van der Waals surface area contributed by atoms with Crippen molar-refractivity contribution in [2.24, 2.45) is 0 Å². The van der Waals surface area contributed by atoms with Crippen LogP contribution in [0.4, 0.5) is 5.69 Å². The van der Waals surface area contributed by atoms with Crippen LogP contribution in [0.3, 0.4) is 0 Å². The van der Waals surface area contributed by atoms with E-state index in [1.54, 1.807) is 6.26 Å². The molecule has 2 nitrogen and oxygen atoms in total. The second kappa shape index (κ2) is 3.74. The van der Waals surface area contributed by atoms with Crippen molar-refractivity contribution in [2.45, 2.75) is 26.3 Å². The molecular formula is C12H15NO. The molecule has 0 aliphatic carbocycles. The zero-order valence-electron chi connectivity index (χ0n) is 8.58. The van der Waals surface area contributed by atoms with Gasteiger partial charge >= 0.3 is 0 Å². The molecule has 1 atom stereocenters. The first-order valence-corrected chi connectivity index (χ1v) is 5.03. The van der Waals surface area contributed by atoms with Crippen molar-refractivity contribution in [3.8, 4) is 0 Å². The molecule has 1 aromatic heterocycles. The fourth-order valence-corrected chi connectivity index (χ4v) is 1.44. The molecule has 0 saturated carbocycles. The third-order valence-electron chi connectivity index (χ3n) is 2.48. The van der Waals surface area contributed by atoms with E-state index in [9.17, 15) is 0 Å². The Morgan fingerprint density at radius 1 is 1.36 bits per heavy atom. The summed E-state index contributed by atoms with van der Waals surface area (Å²) in [6.07, 6.45) is 2.85. The van der Waals surface area contributed by atoms with Crippen molar-refractivity contribution >= 4 is 16.7 Å². The van der Waals surface area contributed by atoms with Crippen LogP contribution in [0.5, 0.6) is 0 Å². The van der Waals surface area contributed by atoms with E-state index in [0.29, 0.717) is 6.04 Å². The number of rotatable bonds is 3. The second-order valence-corrected chi connectivity index (χ2v) is 3.63. The van der Waals surface area contributed by atoms with Gasteiger partial charge in [0.25, 0.3) is 0 Å². The Labute approximate surface area is 83.9 Å². The fraction of sp³-hybridized carbons (Fsp3) is 0.333. The van der Waals surface area contributed by atoms with Crippen LogP contribution < -0.4 is 5.32 Å². The standard InChI is InChI=1S/C12H15NO/c1-3-9(2)13-11-4-5-12-10(8-11)6-7-14-12/h4-9,13H,3H2,1-2H3. The lowest BCUT2D eigenvalue weighted by Gasteiger charge is -2.12. The average Bonchev–Trinajstić information content (AvgIpc) is 2.64. The number of hydrogen-bond acceptors (Lipinski definition) is 2. The van der Waals surface area contributed by atoms with Crippen molar-refractivity contribution in [3.05, 3.63) is 30.5 Å². The molecule has 2 rings (SSSR count). The van der Waals surface area contributed by atoms with E-state index in [4.69, 9.17) is 4.42 Å². The number of benzene rings is 1. The van der Waals surface area contributed by atoms with Crippen molar-refractivity contribution < 1.29 is 4.42 Å². The first-order chi connectivity index (χ1) is 6.79. The summed E-state index contributed by atoms with van der Waals surface area (Å²) in [6, 6.07) is 8.67. The lowest BCUT2D eigenvalue weighted by atomic mass is 10.2. The molecule has 0 amide bonds. The Bertz CT molecular complexity index is 419. The minimum atomic E-state index is 0.513. The average molecular weight is 189 g/mol. The molecule has 0 radical (unpaired) electrons. The second-order valence-electron chi connectivity index (χ2n) is 3.63. The van der Waals surface area contributed by atoms with Crippen molar-refractivity contribution in [1.82, 2.24) is 0 Å². The minimum absolute atomic E-state index is 0.513. The molecule has 0 fully saturated rings. The molecule has 0 saturated heterocycles. The van der Waals surface area contributed by atoms with Gasteiger partial charge in [0, 0.05) is 17.1 Å². The van der Waals surface area contributed by atoms with Gasteiger partial charge < -0.3 is 9.73 Å². The Morgan fingerprint density at radius 2 is 2.21 bits per heavy atom. The molecule has 2 aromatic rings. The highest BCUT2D eigenvalue weighted by molar-refractivity contribution is 5.81. The van der Waals surface area contributed by atoms with Crippen molar-refractivity contribution in [2.75, 3.05) is 5.32 Å². The number of anilines is 1. The molecule has 0 aliphatic heterocycles. The van der Waals surface area contributed by atoms with Crippen LogP contribution in [0.15, 0.2) is 34.9 Å². The Hall–Kier alpha value is -1.44.